The van der Waals surface area contributed by atoms with Crippen LogP contribution in [0.1, 0.15) is 22.6 Å². The van der Waals surface area contributed by atoms with E-state index in [4.69, 9.17) is 0 Å². The maximum Gasteiger partial charge on any atom is 0.133 e. The first-order valence-electron chi connectivity index (χ1n) is 8.83. The molecule has 0 saturated heterocycles. The summed E-state index contributed by atoms with van der Waals surface area (Å²) < 4.78 is 0.699. The Balaban J connectivity index is 1.84. The highest BCUT2D eigenvalue weighted by Crippen LogP contribution is 2.44. The summed E-state index contributed by atoms with van der Waals surface area (Å²) in [6, 6.07) is 22.4. The zero-order chi connectivity index (χ0) is 18.4. The molecule has 0 saturated carbocycles. The van der Waals surface area contributed by atoms with Crippen molar-refractivity contribution in [3.63, 3.8) is 0 Å². The van der Waals surface area contributed by atoms with Gasteiger partial charge >= 0.3 is 0 Å². The molecule has 0 unspecified atom stereocenters. The molecule has 3 N–H and O–H groups in total. The van der Waals surface area contributed by atoms with Crippen LogP contribution in [0.3, 0.4) is 0 Å². The van der Waals surface area contributed by atoms with Crippen LogP contribution in [0.15, 0.2) is 83.6 Å². The minimum absolute atomic E-state index is 0.102. The first-order chi connectivity index (χ1) is 13.2. The van der Waals surface area contributed by atoms with Gasteiger partial charge in [-0.1, -0.05) is 48.5 Å². The summed E-state index contributed by atoms with van der Waals surface area (Å²) in [5.74, 6) is 0.174. The van der Waals surface area contributed by atoms with E-state index in [1.54, 1.807) is 0 Å². The maximum absolute atomic E-state index is 10.8. The molecule has 0 spiro atoms. The first kappa shape index (κ1) is 16.2. The Kier molecular flexibility index (Phi) is 3.80. The number of nitrogens with one attached hydrogen (secondary N) is 2. The molecule has 0 atom stereocenters. The molecule has 0 aliphatic heterocycles. The fourth-order valence-electron chi connectivity index (χ4n) is 3.93. The van der Waals surface area contributed by atoms with Crippen LogP contribution in [0.25, 0.3) is 21.8 Å². The van der Waals surface area contributed by atoms with Crippen LogP contribution in [-0.2, 0) is 0 Å². The lowest BCUT2D eigenvalue weighted by Gasteiger charge is -2.19. The summed E-state index contributed by atoms with van der Waals surface area (Å²) in [5, 5.41) is 13.2. The van der Waals surface area contributed by atoms with Gasteiger partial charge in [0.2, 0.25) is 0 Å². The van der Waals surface area contributed by atoms with Gasteiger partial charge in [-0.05, 0) is 45.3 Å². The van der Waals surface area contributed by atoms with E-state index in [2.05, 4.69) is 62.6 Å². The van der Waals surface area contributed by atoms with E-state index in [-0.39, 0.29) is 11.7 Å². The van der Waals surface area contributed by atoms with Crippen molar-refractivity contribution in [2.45, 2.75) is 5.92 Å². The Hall–Kier alpha value is -2.98. The second kappa shape index (κ2) is 6.32. The van der Waals surface area contributed by atoms with Crippen molar-refractivity contribution in [3.05, 3.63) is 100 Å². The molecule has 0 bridgehead atoms. The molecule has 4 heteroatoms. The lowest BCUT2D eigenvalue weighted by molar-refractivity contribution is 0.464. The van der Waals surface area contributed by atoms with E-state index in [0.717, 1.165) is 38.5 Å². The molecule has 5 rings (SSSR count). The molecule has 132 valence electrons. The molecule has 27 heavy (non-hydrogen) atoms. The highest BCUT2D eigenvalue weighted by Gasteiger charge is 2.26. The van der Waals surface area contributed by atoms with Crippen molar-refractivity contribution in [1.29, 1.82) is 0 Å². The molecular formula is C23H17BrN2O. The van der Waals surface area contributed by atoms with Crippen molar-refractivity contribution < 1.29 is 5.11 Å². The van der Waals surface area contributed by atoms with Gasteiger partial charge in [0.1, 0.15) is 5.75 Å². The average molecular weight is 417 g/mol. The maximum atomic E-state index is 10.8. The van der Waals surface area contributed by atoms with Crippen LogP contribution in [0, 0.1) is 0 Å². The molecule has 0 fully saturated rings. The topological polar surface area (TPSA) is 51.8 Å². The Labute approximate surface area is 164 Å². The van der Waals surface area contributed by atoms with Crippen LogP contribution >= 0.6 is 15.9 Å². The van der Waals surface area contributed by atoms with Gasteiger partial charge in [0, 0.05) is 45.7 Å². The molecule has 0 amide bonds. The Morgan fingerprint density at radius 1 is 0.667 bits per heavy atom. The molecule has 3 aromatic carbocycles. The fraction of sp³-hybridized carbons (Fsp3) is 0.0435. The first-order valence-corrected chi connectivity index (χ1v) is 9.63. The third kappa shape index (κ3) is 2.56. The van der Waals surface area contributed by atoms with E-state index in [1.165, 1.54) is 0 Å². The number of phenolic OH excluding ortho intramolecular Hbond substituents is 1. The van der Waals surface area contributed by atoms with E-state index >= 15 is 0 Å². The third-order valence-corrected chi connectivity index (χ3v) is 5.83. The number of aromatic hydroxyl groups is 1. The number of para-hydroxylation sites is 3. The molecular weight excluding hydrogens is 400 g/mol. The molecule has 0 radical (unpaired) electrons. The van der Waals surface area contributed by atoms with Crippen LogP contribution in [0.2, 0.25) is 0 Å². The van der Waals surface area contributed by atoms with Gasteiger partial charge in [0.05, 0.1) is 4.47 Å². The minimum Gasteiger partial charge on any atom is -0.506 e. The fourth-order valence-corrected chi connectivity index (χ4v) is 4.31. The van der Waals surface area contributed by atoms with Gasteiger partial charge in [0.15, 0.2) is 0 Å². The van der Waals surface area contributed by atoms with Crippen LogP contribution in [0.5, 0.6) is 5.75 Å². The van der Waals surface area contributed by atoms with E-state index in [0.29, 0.717) is 4.47 Å². The number of hydrogen-bond acceptors (Lipinski definition) is 1. The average Bonchev–Trinajstić information content (AvgIpc) is 3.31. The monoisotopic (exact) mass is 416 g/mol. The number of H-pyrrole nitrogens is 2. The van der Waals surface area contributed by atoms with Gasteiger partial charge in [-0.2, -0.15) is 0 Å². The zero-order valence-corrected chi connectivity index (χ0v) is 16.0. The number of halogens is 1. The standard InChI is InChI=1S/C23H17BrN2O/c24-19-9-5-8-16(23(19)27)22(17-12-25-20-10-3-1-6-14(17)20)18-13-26-21-11-4-2-7-15(18)21/h1-13,22,25-27H. The molecule has 2 aromatic heterocycles. The molecule has 3 nitrogen and oxygen atoms in total. The normalized spacial score (nSPS) is 11.6. The Morgan fingerprint density at radius 3 is 1.81 bits per heavy atom. The second-order valence-electron chi connectivity index (χ2n) is 6.69. The zero-order valence-electron chi connectivity index (χ0n) is 14.4. The van der Waals surface area contributed by atoms with Crippen molar-refractivity contribution in [1.82, 2.24) is 9.97 Å². The summed E-state index contributed by atoms with van der Waals surface area (Å²) in [6.45, 7) is 0. The molecule has 2 heterocycles. The van der Waals surface area contributed by atoms with E-state index < -0.39 is 0 Å². The van der Waals surface area contributed by atoms with Gasteiger partial charge < -0.3 is 15.1 Å². The number of benzene rings is 3. The smallest absolute Gasteiger partial charge is 0.133 e. The van der Waals surface area contributed by atoms with Crippen molar-refractivity contribution in [2.24, 2.45) is 0 Å². The summed E-state index contributed by atoms with van der Waals surface area (Å²) in [7, 11) is 0. The second-order valence-corrected chi connectivity index (χ2v) is 7.54. The predicted octanol–water partition coefficient (Wildman–Crippen LogP) is 6.30. The number of hydrogen-bond donors (Lipinski definition) is 3. The highest BCUT2D eigenvalue weighted by molar-refractivity contribution is 9.10. The lowest BCUT2D eigenvalue weighted by atomic mass is 9.84. The van der Waals surface area contributed by atoms with Crippen molar-refractivity contribution >= 4 is 37.7 Å². The number of rotatable bonds is 3. The number of aromatic nitrogens is 2. The van der Waals surface area contributed by atoms with Gasteiger partial charge in [-0.15, -0.1) is 0 Å². The lowest BCUT2D eigenvalue weighted by Crippen LogP contribution is -2.03. The summed E-state index contributed by atoms with van der Waals surface area (Å²) in [5.41, 5.74) is 5.34. The summed E-state index contributed by atoms with van der Waals surface area (Å²) >= 11 is 3.47. The third-order valence-electron chi connectivity index (χ3n) is 5.19. The SMILES string of the molecule is Oc1c(Br)cccc1C(c1c[nH]c2ccccc12)c1c[nH]c2ccccc12. The van der Waals surface area contributed by atoms with Crippen LogP contribution < -0.4 is 0 Å². The van der Waals surface area contributed by atoms with Gasteiger partial charge in [0.25, 0.3) is 0 Å². The quantitative estimate of drug-likeness (QED) is 0.317. The van der Waals surface area contributed by atoms with Crippen molar-refractivity contribution in [2.75, 3.05) is 0 Å². The van der Waals surface area contributed by atoms with Crippen molar-refractivity contribution in [3.8, 4) is 5.75 Å². The summed E-state index contributed by atoms with van der Waals surface area (Å²) in [4.78, 5) is 6.76. The minimum atomic E-state index is -0.102. The summed E-state index contributed by atoms with van der Waals surface area (Å²) in [6.07, 6.45) is 4.11. The molecule has 0 aliphatic rings. The highest BCUT2D eigenvalue weighted by atomic mass is 79.9. The Bertz CT molecular complexity index is 1190. The largest absolute Gasteiger partial charge is 0.506 e. The van der Waals surface area contributed by atoms with Crippen LogP contribution in [0.4, 0.5) is 0 Å². The number of phenols is 1. The van der Waals surface area contributed by atoms with Gasteiger partial charge in [-0.25, -0.2) is 0 Å². The van der Waals surface area contributed by atoms with Gasteiger partial charge in [-0.3, -0.25) is 0 Å². The van der Waals surface area contributed by atoms with Crippen LogP contribution in [-0.4, -0.2) is 15.1 Å². The predicted molar refractivity (Wildman–Crippen MR) is 113 cm³/mol. The van der Waals surface area contributed by atoms with E-state index in [1.807, 2.05) is 42.5 Å². The number of aromatic amines is 2. The van der Waals surface area contributed by atoms with E-state index in [9.17, 15) is 5.11 Å². The number of fused-ring (bicyclic) bond motifs is 2. The molecule has 0 aliphatic carbocycles. The molecule has 5 aromatic rings. The Morgan fingerprint density at radius 2 is 1.22 bits per heavy atom.